The quantitative estimate of drug-likeness (QED) is 0.374. The van der Waals surface area contributed by atoms with Gasteiger partial charge in [-0.1, -0.05) is 48.5 Å². The first-order valence-electron chi connectivity index (χ1n) is 11.3. The highest BCUT2D eigenvalue weighted by atomic mass is 35.5. The Morgan fingerprint density at radius 2 is 1.55 bits per heavy atom. The van der Waals surface area contributed by atoms with Crippen LogP contribution in [0.25, 0.3) is 0 Å². The molecule has 1 amide bonds. The summed E-state index contributed by atoms with van der Waals surface area (Å²) in [6, 6.07) is 19.7. The lowest BCUT2D eigenvalue weighted by Gasteiger charge is -2.32. The Morgan fingerprint density at radius 3 is 2.12 bits per heavy atom. The molecule has 2 aromatic carbocycles. The van der Waals surface area contributed by atoms with Crippen molar-refractivity contribution in [1.82, 2.24) is 5.32 Å². The van der Waals surface area contributed by atoms with Crippen LogP contribution in [0.1, 0.15) is 46.1 Å². The first-order valence-corrected chi connectivity index (χ1v) is 12.3. The van der Waals surface area contributed by atoms with Crippen molar-refractivity contribution in [2.45, 2.75) is 75.0 Å². The van der Waals surface area contributed by atoms with Gasteiger partial charge in [0.2, 0.25) is 5.91 Å². The second-order valence-electron chi connectivity index (χ2n) is 9.35. The molecule has 2 aromatic rings. The molecule has 0 spiro atoms. The predicted molar refractivity (Wildman–Crippen MR) is 140 cm³/mol. The number of benzene rings is 2. The number of nitrogens with one attached hydrogen (secondary N) is 1. The molecule has 0 aliphatic carbocycles. The third-order valence-electron chi connectivity index (χ3n) is 6.26. The molecule has 0 aromatic heterocycles. The van der Waals surface area contributed by atoms with Gasteiger partial charge in [0.1, 0.15) is 0 Å². The van der Waals surface area contributed by atoms with Gasteiger partial charge in [-0.05, 0) is 64.7 Å². The second-order valence-corrected chi connectivity index (χ2v) is 10.4. The number of thioether (sulfide) groups is 1. The van der Waals surface area contributed by atoms with Gasteiger partial charge in [-0.2, -0.15) is 0 Å². The van der Waals surface area contributed by atoms with Crippen LogP contribution in [-0.2, 0) is 20.5 Å². The Balaban J connectivity index is 0.00000385. The molecule has 0 radical (unpaired) electrons. The van der Waals surface area contributed by atoms with E-state index < -0.39 is 24.4 Å². The van der Waals surface area contributed by atoms with Crippen LogP contribution in [-0.4, -0.2) is 42.0 Å². The highest BCUT2D eigenvalue weighted by Crippen LogP contribution is 2.38. The molecule has 1 heterocycles. The van der Waals surface area contributed by atoms with E-state index in [1.807, 2.05) is 76.2 Å². The summed E-state index contributed by atoms with van der Waals surface area (Å²) in [5.41, 5.74) is 6.60. The molecule has 1 fully saturated rings. The smallest absolute Gasteiger partial charge is 0.402 e. The zero-order chi connectivity index (χ0) is 23.2. The van der Waals surface area contributed by atoms with E-state index in [-0.39, 0.29) is 24.3 Å². The van der Waals surface area contributed by atoms with Crippen molar-refractivity contribution in [2.24, 2.45) is 5.73 Å². The summed E-state index contributed by atoms with van der Waals surface area (Å²) in [5.74, 6) is 0.0727. The number of carbonyl (C=O) groups is 1. The largest absolute Gasteiger partial charge is 0.481 e. The molecule has 3 N–H and O–H groups in total. The average Bonchev–Trinajstić information content (AvgIpc) is 2.99. The van der Waals surface area contributed by atoms with E-state index in [1.165, 1.54) is 5.56 Å². The van der Waals surface area contributed by atoms with E-state index in [1.54, 1.807) is 11.8 Å². The van der Waals surface area contributed by atoms with Gasteiger partial charge in [-0.25, -0.2) is 0 Å². The predicted octanol–water partition coefficient (Wildman–Crippen LogP) is 4.67. The third kappa shape index (κ3) is 7.76. The van der Waals surface area contributed by atoms with Gasteiger partial charge in [0.15, 0.2) is 0 Å². The summed E-state index contributed by atoms with van der Waals surface area (Å²) in [4.78, 5) is 14.0. The molecule has 1 saturated heterocycles. The van der Waals surface area contributed by atoms with Crippen LogP contribution in [0, 0.1) is 0 Å². The number of amides is 1. The van der Waals surface area contributed by atoms with E-state index in [0.717, 1.165) is 24.2 Å². The zero-order valence-corrected chi connectivity index (χ0v) is 21.6. The minimum atomic E-state index is -0.612. The molecule has 2 atom stereocenters. The maximum Gasteiger partial charge on any atom is 0.481 e. The van der Waals surface area contributed by atoms with E-state index in [0.29, 0.717) is 5.75 Å². The first-order chi connectivity index (χ1) is 15.2. The second kappa shape index (κ2) is 12.3. The molecule has 0 saturated carbocycles. The molecule has 33 heavy (non-hydrogen) atoms. The van der Waals surface area contributed by atoms with Crippen LogP contribution in [0.3, 0.4) is 0 Å². The van der Waals surface area contributed by atoms with E-state index in [9.17, 15) is 4.79 Å². The van der Waals surface area contributed by atoms with Crippen molar-refractivity contribution in [3.8, 4) is 0 Å². The fraction of sp³-hybridized carbons (Fsp3) is 0.480. The Hall–Kier alpha value is -1.51. The Labute approximate surface area is 209 Å². The van der Waals surface area contributed by atoms with Crippen LogP contribution in [0.2, 0.25) is 0 Å². The number of halogens is 1. The number of carbonyl (C=O) groups excluding carboxylic acids is 1. The van der Waals surface area contributed by atoms with Crippen LogP contribution < -0.4 is 11.1 Å². The molecule has 180 valence electrons. The minimum Gasteiger partial charge on any atom is -0.402 e. The molecule has 0 unspecified atom stereocenters. The fourth-order valence-electron chi connectivity index (χ4n) is 3.57. The van der Waals surface area contributed by atoms with Crippen LogP contribution >= 0.6 is 24.2 Å². The van der Waals surface area contributed by atoms with Crippen LogP contribution in [0.5, 0.6) is 0 Å². The summed E-state index contributed by atoms with van der Waals surface area (Å²) in [6.45, 7) is 8.10. The van der Waals surface area contributed by atoms with Crippen molar-refractivity contribution in [3.05, 3.63) is 66.2 Å². The Morgan fingerprint density at radius 1 is 1.00 bits per heavy atom. The topological polar surface area (TPSA) is 73.6 Å². The van der Waals surface area contributed by atoms with Crippen LogP contribution in [0.4, 0.5) is 0 Å². The summed E-state index contributed by atoms with van der Waals surface area (Å²) < 4.78 is 12.5. The Bertz CT molecular complexity index is 854. The SMILES string of the molecule is CC1(C)OB([C@H](CCCc2ccccc2)NC(=O)[C@H](N)CSc2ccccc2)OC1(C)C.Cl. The van der Waals surface area contributed by atoms with Gasteiger partial charge in [0.25, 0.3) is 0 Å². The lowest BCUT2D eigenvalue weighted by molar-refractivity contribution is -0.122. The monoisotopic (exact) mass is 490 g/mol. The summed E-state index contributed by atoms with van der Waals surface area (Å²) in [6.07, 6.45) is 2.59. The van der Waals surface area contributed by atoms with Gasteiger partial charge in [-0.15, -0.1) is 24.2 Å². The van der Waals surface area contributed by atoms with Gasteiger partial charge < -0.3 is 20.4 Å². The van der Waals surface area contributed by atoms with Crippen molar-refractivity contribution in [3.63, 3.8) is 0 Å². The summed E-state index contributed by atoms with van der Waals surface area (Å²) in [7, 11) is -0.506. The molecule has 1 aliphatic rings. The normalized spacial score (nSPS) is 18.3. The van der Waals surface area contributed by atoms with Gasteiger partial charge in [-0.3, -0.25) is 4.79 Å². The summed E-state index contributed by atoms with van der Waals surface area (Å²) >= 11 is 1.58. The third-order valence-corrected chi connectivity index (χ3v) is 7.39. The zero-order valence-electron chi connectivity index (χ0n) is 20.0. The summed E-state index contributed by atoms with van der Waals surface area (Å²) in [5, 5.41) is 3.13. The number of aryl methyl sites for hydroxylation is 1. The number of hydrogen-bond acceptors (Lipinski definition) is 5. The number of rotatable bonds is 10. The minimum absolute atomic E-state index is 0. The van der Waals surface area contributed by atoms with Crippen LogP contribution in [0.15, 0.2) is 65.6 Å². The van der Waals surface area contributed by atoms with E-state index in [4.69, 9.17) is 15.0 Å². The highest BCUT2D eigenvalue weighted by molar-refractivity contribution is 7.99. The van der Waals surface area contributed by atoms with Crippen molar-refractivity contribution in [2.75, 3.05) is 5.75 Å². The molecular formula is C25H36BClN2O3S. The lowest BCUT2D eigenvalue weighted by atomic mass is 9.75. The molecule has 8 heteroatoms. The van der Waals surface area contributed by atoms with E-state index in [2.05, 4.69) is 17.4 Å². The number of nitrogens with two attached hydrogens (primary N) is 1. The fourth-order valence-corrected chi connectivity index (χ4v) is 4.44. The van der Waals surface area contributed by atoms with Crippen molar-refractivity contribution in [1.29, 1.82) is 0 Å². The van der Waals surface area contributed by atoms with Gasteiger partial charge >= 0.3 is 7.12 Å². The maximum absolute atomic E-state index is 12.9. The molecule has 3 rings (SSSR count). The molecule has 5 nitrogen and oxygen atoms in total. The van der Waals surface area contributed by atoms with Crippen molar-refractivity contribution >= 4 is 37.2 Å². The number of hydrogen-bond donors (Lipinski definition) is 2. The maximum atomic E-state index is 12.9. The first kappa shape index (κ1) is 27.7. The van der Waals surface area contributed by atoms with E-state index >= 15 is 0 Å². The molecule has 1 aliphatic heterocycles. The Kier molecular flexibility index (Phi) is 10.3. The van der Waals surface area contributed by atoms with Gasteiger partial charge in [0, 0.05) is 10.6 Å². The lowest BCUT2D eigenvalue weighted by Crippen LogP contribution is -2.53. The van der Waals surface area contributed by atoms with Gasteiger partial charge in [0.05, 0.1) is 23.2 Å². The molecular weight excluding hydrogens is 455 g/mol. The highest BCUT2D eigenvalue weighted by Gasteiger charge is 2.54. The average molecular weight is 491 g/mol. The molecule has 0 bridgehead atoms. The van der Waals surface area contributed by atoms with Crippen molar-refractivity contribution < 1.29 is 14.1 Å². The standard InChI is InChI=1S/C25H35BN2O3S.ClH/c1-24(2)25(3,4)31-26(30-24)22(17-11-14-19-12-7-5-8-13-19)28-23(29)21(27)18-32-20-15-9-6-10-16-20;/h5-10,12-13,15-16,21-22H,11,14,17-18,27H2,1-4H3,(H,28,29);1H/t21-,22+;/m1./s1.